The molecular weight excluding hydrogens is 322 g/mol. The van der Waals surface area contributed by atoms with Crippen molar-refractivity contribution in [2.24, 2.45) is 0 Å². The number of aryl methyl sites for hydroxylation is 1. The number of pyridine rings is 1. The molecule has 0 aliphatic heterocycles. The van der Waals surface area contributed by atoms with Gasteiger partial charge in [0, 0.05) is 20.1 Å². The predicted octanol–water partition coefficient (Wildman–Crippen LogP) is 3.96. The Morgan fingerprint density at radius 2 is 1.69 bits per heavy atom. The number of nitrogens with one attached hydrogen (secondary N) is 1. The summed E-state index contributed by atoms with van der Waals surface area (Å²) in [7, 11) is 2.02. The standard InChI is InChI=1S/C22H23N3O/c1-17-8-10-18(11-9-17)14-24-22(26)21-13-12-20(15-23-21)25(2)16-19-6-4-3-5-7-19/h3-13,15H,14,16H2,1-2H3,(H,24,26). The van der Waals surface area contributed by atoms with Gasteiger partial charge in [-0.2, -0.15) is 0 Å². The molecule has 0 fully saturated rings. The third kappa shape index (κ3) is 4.70. The van der Waals surface area contributed by atoms with Crippen LogP contribution in [-0.2, 0) is 13.1 Å². The van der Waals surface area contributed by atoms with Crippen LogP contribution in [0, 0.1) is 6.92 Å². The number of carbonyl (C=O) groups is 1. The molecule has 0 saturated heterocycles. The Labute approximate surface area is 154 Å². The number of hydrogen-bond donors (Lipinski definition) is 1. The highest BCUT2D eigenvalue weighted by molar-refractivity contribution is 5.92. The molecule has 0 atom stereocenters. The van der Waals surface area contributed by atoms with Gasteiger partial charge in [-0.1, -0.05) is 60.2 Å². The van der Waals surface area contributed by atoms with Crippen molar-refractivity contribution in [1.82, 2.24) is 10.3 Å². The van der Waals surface area contributed by atoms with Crippen molar-refractivity contribution in [1.29, 1.82) is 0 Å². The van der Waals surface area contributed by atoms with Gasteiger partial charge >= 0.3 is 0 Å². The van der Waals surface area contributed by atoms with E-state index in [4.69, 9.17) is 0 Å². The Morgan fingerprint density at radius 3 is 2.35 bits per heavy atom. The zero-order chi connectivity index (χ0) is 18.4. The summed E-state index contributed by atoms with van der Waals surface area (Å²) in [6, 6.07) is 22.1. The van der Waals surface area contributed by atoms with E-state index in [1.165, 1.54) is 11.1 Å². The quantitative estimate of drug-likeness (QED) is 0.735. The van der Waals surface area contributed by atoms with Crippen LogP contribution in [0.3, 0.4) is 0 Å². The Balaban J connectivity index is 1.57. The molecule has 3 aromatic rings. The maximum absolute atomic E-state index is 12.3. The number of benzene rings is 2. The molecular formula is C22H23N3O. The van der Waals surface area contributed by atoms with Gasteiger partial charge in [0.25, 0.3) is 5.91 Å². The van der Waals surface area contributed by atoms with Crippen molar-refractivity contribution in [2.45, 2.75) is 20.0 Å². The summed E-state index contributed by atoms with van der Waals surface area (Å²) in [4.78, 5) is 18.7. The first-order chi connectivity index (χ1) is 12.6. The first-order valence-electron chi connectivity index (χ1n) is 8.67. The second-order valence-corrected chi connectivity index (χ2v) is 6.41. The van der Waals surface area contributed by atoms with Crippen molar-refractivity contribution >= 4 is 11.6 Å². The average Bonchev–Trinajstić information content (AvgIpc) is 2.68. The van der Waals surface area contributed by atoms with Gasteiger partial charge in [0.15, 0.2) is 0 Å². The molecule has 26 heavy (non-hydrogen) atoms. The molecule has 0 aliphatic carbocycles. The van der Waals surface area contributed by atoms with E-state index in [1.807, 2.05) is 62.5 Å². The van der Waals surface area contributed by atoms with Gasteiger partial charge < -0.3 is 10.2 Å². The molecule has 0 spiro atoms. The van der Waals surface area contributed by atoms with Gasteiger partial charge in [-0.05, 0) is 30.2 Å². The molecule has 1 aromatic heterocycles. The monoisotopic (exact) mass is 345 g/mol. The van der Waals surface area contributed by atoms with Crippen molar-refractivity contribution in [3.05, 3.63) is 95.3 Å². The Morgan fingerprint density at radius 1 is 0.962 bits per heavy atom. The number of anilines is 1. The smallest absolute Gasteiger partial charge is 0.270 e. The van der Waals surface area contributed by atoms with Crippen molar-refractivity contribution in [3.63, 3.8) is 0 Å². The van der Waals surface area contributed by atoms with E-state index in [0.717, 1.165) is 17.8 Å². The number of hydrogen-bond acceptors (Lipinski definition) is 3. The molecule has 3 rings (SSSR count). The van der Waals surface area contributed by atoms with Crippen LogP contribution in [-0.4, -0.2) is 17.9 Å². The van der Waals surface area contributed by atoms with Gasteiger partial charge in [0.2, 0.25) is 0 Å². The molecule has 0 radical (unpaired) electrons. The molecule has 4 heteroatoms. The van der Waals surface area contributed by atoms with Gasteiger partial charge in [-0.3, -0.25) is 4.79 Å². The molecule has 1 N–H and O–H groups in total. The average molecular weight is 345 g/mol. The van der Waals surface area contributed by atoms with Crippen LogP contribution < -0.4 is 10.2 Å². The lowest BCUT2D eigenvalue weighted by Gasteiger charge is -2.19. The summed E-state index contributed by atoms with van der Waals surface area (Å²) in [6.45, 7) is 3.33. The van der Waals surface area contributed by atoms with Crippen LogP contribution in [0.5, 0.6) is 0 Å². The van der Waals surface area contributed by atoms with E-state index >= 15 is 0 Å². The van der Waals surface area contributed by atoms with E-state index in [2.05, 4.69) is 27.3 Å². The first-order valence-corrected chi connectivity index (χ1v) is 8.67. The fourth-order valence-electron chi connectivity index (χ4n) is 2.67. The maximum atomic E-state index is 12.3. The second-order valence-electron chi connectivity index (χ2n) is 6.41. The van der Waals surface area contributed by atoms with Gasteiger partial charge in [-0.25, -0.2) is 4.98 Å². The molecule has 1 heterocycles. The van der Waals surface area contributed by atoms with Gasteiger partial charge in [0.1, 0.15) is 5.69 Å². The van der Waals surface area contributed by atoms with Crippen LogP contribution in [0.2, 0.25) is 0 Å². The molecule has 0 aliphatic rings. The number of amides is 1. The van der Waals surface area contributed by atoms with Crippen LogP contribution >= 0.6 is 0 Å². The largest absolute Gasteiger partial charge is 0.369 e. The lowest BCUT2D eigenvalue weighted by molar-refractivity contribution is 0.0946. The van der Waals surface area contributed by atoms with Crippen molar-refractivity contribution in [2.75, 3.05) is 11.9 Å². The number of aromatic nitrogens is 1. The number of rotatable bonds is 6. The van der Waals surface area contributed by atoms with Crippen LogP contribution in [0.1, 0.15) is 27.2 Å². The van der Waals surface area contributed by atoms with Crippen LogP contribution in [0.15, 0.2) is 72.9 Å². The van der Waals surface area contributed by atoms with Crippen LogP contribution in [0.4, 0.5) is 5.69 Å². The summed E-state index contributed by atoms with van der Waals surface area (Å²) in [5.74, 6) is -0.164. The lowest BCUT2D eigenvalue weighted by Crippen LogP contribution is -2.24. The normalized spacial score (nSPS) is 10.4. The molecule has 0 bridgehead atoms. The maximum Gasteiger partial charge on any atom is 0.270 e. The van der Waals surface area contributed by atoms with Gasteiger partial charge in [-0.15, -0.1) is 0 Å². The van der Waals surface area contributed by atoms with E-state index < -0.39 is 0 Å². The summed E-state index contributed by atoms with van der Waals surface area (Å²) in [5, 5.41) is 2.91. The fourth-order valence-corrected chi connectivity index (χ4v) is 2.67. The highest BCUT2D eigenvalue weighted by atomic mass is 16.1. The fraction of sp³-hybridized carbons (Fsp3) is 0.182. The highest BCUT2D eigenvalue weighted by Gasteiger charge is 2.08. The third-order valence-corrected chi connectivity index (χ3v) is 4.26. The molecule has 0 unspecified atom stereocenters. The van der Waals surface area contributed by atoms with E-state index in [9.17, 15) is 4.79 Å². The van der Waals surface area contributed by atoms with E-state index in [-0.39, 0.29) is 5.91 Å². The lowest BCUT2D eigenvalue weighted by atomic mass is 10.1. The third-order valence-electron chi connectivity index (χ3n) is 4.26. The van der Waals surface area contributed by atoms with Gasteiger partial charge in [0.05, 0.1) is 11.9 Å². The minimum absolute atomic E-state index is 0.164. The molecule has 0 saturated carbocycles. The van der Waals surface area contributed by atoms with E-state index in [1.54, 1.807) is 12.3 Å². The highest BCUT2D eigenvalue weighted by Crippen LogP contribution is 2.14. The summed E-state index contributed by atoms with van der Waals surface area (Å²) in [5.41, 5.74) is 4.91. The van der Waals surface area contributed by atoms with Crippen molar-refractivity contribution < 1.29 is 4.79 Å². The SMILES string of the molecule is Cc1ccc(CNC(=O)c2ccc(N(C)Cc3ccccc3)cn2)cc1. The first kappa shape index (κ1) is 17.7. The topological polar surface area (TPSA) is 45.2 Å². The zero-order valence-electron chi connectivity index (χ0n) is 15.1. The summed E-state index contributed by atoms with van der Waals surface area (Å²) < 4.78 is 0. The minimum atomic E-state index is -0.164. The van der Waals surface area contributed by atoms with Crippen molar-refractivity contribution in [3.8, 4) is 0 Å². The molecule has 132 valence electrons. The second kappa shape index (κ2) is 8.30. The Kier molecular flexibility index (Phi) is 5.64. The number of nitrogens with zero attached hydrogens (tertiary/aromatic N) is 2. The molecule has 4 nitrogen and oxygen atoms in total. The Bertz CT molecular complexity index is 843. The summed E-state index contributed by atoms with van der Waals surface area (Å²) in [6.07, 6.45) is 1.74. The van der Waals surface area contributed by atoms with Crippen LogP contribution in [0.25, 0.3) is 0 Å². The number of carbonyl (C=O) groups excluding carboxylic acids is 1. The summed E-state index contributed by atoms with van der Waals surface area (Å²) >= 11 is 0. The zero-order valence-corrected chi connectivity index (χ0v) is 15.1. The predicted molar refractivity (Wildman–Crippen MR) is 105 cm³/mol. The Hall–Kier alpha value is -3.14. The van der Waals surface area contributed by atoms with E-state index in [0.29, 0.717) is 12.2 Å². The molecule has 2 aromatic carbocycles. The molecule has 1 amide bonds. The minimum Gasteiger partial charge on any atom is -0.369 e.